The van der Waals surface area contributed by atoms with Gasteiger partial charge in [-0.05, 0) is 43.2 Å². The van der Waals surface area contributed by atoms with Crippen LogP contribution in [0.25, 0.3) is 0 Å². The van der Waals surface area contributed by atoms with Crippen molar-refractivity contribution < 1.29 is 9.47 Å². The number of amidine groups is 1. The van der Waals surface area contributed by atoms with E-state index in [0.29, 0.717) is 17.2 Å². The molecule has 2 rings (SSSR count). The minimum atomic E-state index is 0.0277. The first-order valence-electron chi connectivity index (χ1n) is 7.20. The molecule has 1 aliphatic carbocycles. The molecular weight excluding hydrogens is 252 g/mol. The number of rotatable bonds is 4. The Balaban J connectivity index is 2.17. The van der Waals surface area contributed by atoms with Crippen LogP contribution >= 0.6 is 0 Å². The predicted molar refractivity (Wildman–Crippen MR) is 80.6 cm³/mol. The number of nitrogens with one attached hydrogen (secondary N) is 1. The second-order valence-corrected chi connectivity index (χ2v) is 5.78. The molecule has 0 heterocycles. The molecule has 3 unspecified atom stereocenters. The molecule has 1 fully saturated rings. The standard InChI is InChI=1S/C16H24N2O2/c1-10-4-5-13(8-11(10)2)20-15-9-12(19-3)6-7-14(15)16(17)18/h6-7,9-11,13H,4-5,8H2,1-3H3,(H3,17,18). The molecule has 110 valence electrons. The number of nitrogens with two attached hydrogens (primary N) is 1. The van der Waals surface area contributed by atoms with Gasteiger partial charge in [-0.1, -0.05) is 13.8 Å². The highest BCUT2D eigenvalue weighted by atomic mass is 16.5. The molecule has 0 spiro atoms. The molecule has 20 heavy (non-hydrogen) atoms. The highest BCUT2D eigenvalue weighted by Crippen LogP contribution is 2.33. The molecule has 0 radical (unpaired) electrons. The first-order chi connectivity index (χ1) is 9.51. The van der Waals surface area contributed by atoms with Gasteiger partial charge in [0.05, 0.1) is 18.8 Å². The van der Waals surface area contributed by atoms with Crippen molar-refractivity contribution in [2.45, 2.75) is 39.2 Å². The van der Waals surface area contributed by atoms with E-state index in [0.717, 1.165) is 24.5 Å². The molecule has 0 amide bonds. The zero-order valence-corrected chi connectivity index (χ0v) is 12.5. The van der Waals surface area contributed by atoms with Gasteiger partial charge in [-0.2, -0.15) is 0 Å². The summed E-state index contributed by atoms with van der Waals surface area (Å²) in [4.78, 5) is 0. The summed E-state index contributed by atoms with van der Waals surface area (Å²) in [7, 11) is 1.62. The first-order valence-corrected chi connectivity index (χ1v) is 7.20. The van der Waals surface area contributed by atoms with Crippen molar-refractivity contribution in [2.75, 3.05) is 7.11 Å². The fourth-order valence-corrected chi connectivity index (χ4v) is 2.73. The van der Waals surface area contributed by atoms with Gasteiger partial charge in [-0.25, -0.2) is 0 Å². The lowest BCUT2D eigenvalue weighted by Gasteiger charge is -2.32. The smallest absolute Gasteiger partial charge is 0.134 e. The summed E-state index contributed by atoms with van der Waals surface area (Å²) in [5.74, 6) is 2.83. The van der Waals surface area contributed by atoms with E-state index in [1.165, 1.54) is 6.42 Å². The van der Waals surface area contributed by atoms with Gasteiger partial charge in [0.1, 0.15) is 17.3 Å². The molecule has 0 bridgehead atoms. The van der Waals surface area contributed by atoms with Crippen LogP contribution in [0.1, 0.15) is 38.7 Å². The number of methoxy groups -OCH3 is 1. The summed E-state index contributed by atoms with van der Waals surface area (Å²) in [5, 5.41) is 7.65. The fraction of sp³-hybridized carbons (Fsp3) is 0.562. The average molecular weight is 276 g/mol. The first kappa shape index (κ1) is 14.7. The van der Waals surface area contributed by atoms with E-state index in [9.17, 15) is 0 Å². The van der Waals surface area contributed by atoms with Crippen molar-refractivity contribution in [3.8, 4) is 11.5 Å². The highest BCUT2D eigenvalue weighted by molar-refractivity contribution is 5.97. The largest absolute Gasteiger partial charge is 0.497 e. The van der Waals surface area contributed by atoms with Gasteiger partial charge in [-0.15, -0.1) is 0 Å². The zero-order valence-electron chi connectivity index (χ0n) is 12.5. The van der Waals surface area contributed by atoms with Crippen LogP contribution in [-0.2, 0) is 0 Å². The lowest BCUT2D eigenvalue weighted by atomic mass is 9.80. The average Bonchev–Trinajstić information content (AvgIpc) is 2.42. The number of benzene rings is 1. The third kappa shape index (κ3) is 3.24. The van der Waals surface area contributed by atoms with Gasteiger partial charge in [0, 0.05) is 6.07 Å². The van der Waals surface area contributed by atoms with Gasteiger partial charge in [-0.3, -0.25) is 5.41 Å². The molecule has 4 nitrogen and oxygen atoms in total. The van der Waals surface area contributed by atoms with Gasteiger partial charge in [0.15, 0.2) is 0 Å². The number of hydrogen-bond donors (Lipinski definition) is 2. The molecule has 0 saturated heterocycles. The Morgan fingerprint density at radius 1 is 1.25 bits per heavy atom. The van der Waals surface area contributed by atoms with Crippen molar-refractivity contribution in [3.05, 3.63) is 23.8 Å². The van der Waals surface area contributed by atoms with Gasteiger partial charge < -0.3 is 15.2 Å². The fourth-order valence-electron chi connectivity index (χ4n) is 2.73. The maximum Gasteiger partial charge on any atom is 0.134 e. The monoisotopic (exact) mass is 276 g/mol. The van der Waals surface area contributed by atoms with E-state index in [4.69, 9.17) is 20.6 Å². The molecule has 1 aromatic rings. The van der Waals surface area contributed by atoms with Gasteiger partial charge >= 0.3 is 0 Å². The van der Waals surface area contributed by atoms with Crippen LogP contribution in [0.4, 0.5) is 0 Å². The van der Waals surface area contributed by atoms with Crippen molar-refractivity contribution in [3.63, 3.8) is 0 Å². The molecule has 4 heteroatoms. The summed E-state index contributed by atoms with van der Waals surface area (Å²) >= 11 is 0. The van der Waals surface area contributed by atoms with E-state index in [1.54, 1.807) is 19.2 Å². The van der Waals surface area contributed by atoms with Crippen LogP contribution in [0.15, 0.2) is 18.2 Å². The van der Waals surface area contributed by atoms with Crippen LogP contribution in [0.2, 0.25) is 0 Å². The van der Waals surface area contributed by atoms with Gasteiger partial charge in [0.25, 0.3) is 0 Å². The van der Waals surface area contributed by atoms with Crippen LogP contribution in [-0.4, -0.2) is 19.0 Å². The Morgan fingerprint density at radius 2 is 2.00 bits per heavy atom. The van der Waals surface area contributed by atoms with Crippen LogP contribution in [0, 0.1) is 17.2 Å². The molecule has 3 atom stereocenters. The third-order valence-corrected chi connectivity index (χ3v) is 4.32. The van der Waals surface area contributed by atoms with E-state index >= 15 is 0 Å². The topological polar surface area (TPSA) is 68.3 Å². The van der Waals surface area contributed by atoms with E-state index < -0.39 is 0 Å². The lowest BCUT2D eigenvalue weighted by Crippen LogP contribution is -2.29. The van der Waals surface area contributed by atoms with Crippen molar-refractivity contribution in [2.24, 2.45) is 17.6 Å². The molecule has 0 aliphatic heterocycles. The van der Waals surface area contributed by atoms with E-state index in [2.05, 4.69) is 13.8 Å². The van der Waals surface area contributed by atoms with Crippen LogP contribution in [0.3, 0.4) is 0 Å². The van der Waals surface area contributed by atoms with Crippen molar-refractivity contribution in [1.82, 2.24) is 0 Å². The normalized spacial score (nSPS) is 26.1. The summed E-state index contributed by atoms with van der Waals surface area (Å²) in [6.07, 6.45) is 3.49. The molecule has 1 aliphatic rings. The summed E-state index contributed by atoms with van der Waals surface area (Å²) < 4.78 is 11.3. The molecular formula is C16H24N2O2. The summed E-state index contributed by atoms with van der Waals surface area (Å²) in [6, 6.07) is 5.40. The second kappa shape index (κ2) is 6.16. The minimum absolute atomic E-state index is 0.0277. The maximum atomic E-state index is 7.65. The Bertz CT molecular complexity index is 487. The summed E-state index contributed by atoms with van der Waals surface area (Å²) in [5.41, 5.74) is 6.26. The number of hydrogen-bond acceptors (Lipinski definition) is 3. The second-order valence-electron chi connectivity index (χ2n) is 5.78. The van der Waals surface area contributed by atoms with E-state index in [1.807, 2.05) is 6.07 Å². The maximum absolute atomic E-state index is 7.65. The predicted octanol–water partition coefficient (Wildman–Crippen LogP) is 3.18. The van der Waals surface area contributed by atoms with Crippen molar-refractivity contribution >= 4 is 5.84 Å². The van der Waals surface area contributed by atoms with Crippen LogP contribution in [0.5, 0.6) is 11.5 Å². The third-order valence-electron chi connectivity index (χ3n) is 4.32. The van der Waals surface area contributed by atoms with E-state index in [-0.39, 0.29) is 11.9 Å². The Labute approximate surface area is 120 Å². The zero-order chi connectivity index (χ0) is 14.7. The van der Waals surface area contributed by atoms with Crippen LogP contribution < -0.4 is 15.2 Å². The number of ether oxygens (including phenoxy) is 2. The molecule has 1 saturated carbocycles. The Hall–Kier alpha value is -1.71. The lowest BCUT2D eigenvalue weighted by molar-refractivity contribution is 0.100. The quantitative estimate of drug-likeness (QED) is 0.655. The Morgan fingerprint density at radius 3 is 2.60 bits per heavy atom. The molecule has 1 aromatic carbocycles. The Kier molecular flexibility index (Phi) is 4.53. The summed E-state index contributed by atoms with van der Waals surface area (Å²) in [6.45, 7) is 4.57. The number of nitrogen functional groups attached to an aromatic ring is 1. The van der Waals surface area contributed by atoms with Gasteiger partial charge in [0.2, 0.25) is 0 Å². The minimum Gasteiger partial charge on any atom is -0.497 e. The van der Waals surface area contributed by atoms with Crippen molar-refractivity contribution in [1.29, 1.82) is 5.41 Å². The SMILES string of the molecule is COc1ccc(C(=N)N)c(OC2CCC(C)C(C)C2)c1. The highest BCUT2D eigenvalue weighted by Gasteiger charge is 2.26. The molecule has 3 N–H and O–H groups in total. The molecule has 0 aromatic heterocycles.